The van der Waals surface area contributed by atoms with E-state index in [1.54, 1.807) is 26.4 Å². The van der Waals surface area contributed by atoms with Crippen molar-refractivity contribution < 1.29 is 18.7 Å². The summed E-state index contributed by atoms with van der Waals surface area (Å²) in [6.45, 7) is 2.69. The summed E-state index contributed by atoms with van der Waals surface area (Å²) in [5, 5.41) is 3.52. The molecule has 0 aliphatic rings. The number of hydrogen-bond acceptors (Lipinski definition) is 4. The molecule has 6 nitrogen and oxygen atoms in total. The van der Waals surface area contributed by atoms with Crippen molar-refractivity contribution in [3.8, 4) is 11.5 Å². The van der Waals surface area contributed by atoms with Crippen LogP contribution in [0.2, 0.25) is 5.02 Å². The minimum atomic E-state index is -0.265. The zero-order valence-corrected chi connectivity index (χ0v) is 22.0. The maximum atomic E-state index is 14.3. The largest absolute Gasteiger partial charge is 0.493 e. The number of nitrogens with zero attached hydrogens (tertiary/aromatic N) is 2. The average Bonchev–Trinajstić information content (AvgIpc) is 3.25. The van der Waals surface area contributed by atoms with Gasteiger partial charge in [0.25, 0.3) is 0 Å². The summed E-state index contributed by atoms with van der Waals surface area (Å²) in [4.78, 5) is 17.4. The Hall–Kier alpha value is -3.58. The van der Waals surface area contributed by atoms with Crippen molar-refractivity contribution in [2.75, 3.05) is 14.2 Å². The first kappa shape index (κ1) is 26.5. The van der Waals surface area contributed by atoms with Gasteiger partial charge in [0, 0.05) is 12.0 Å². The maximum Gasteiger partial charge on any atom is 0.220 e. The molecule has 1 atom stereocenters. The Labute approximate surface area is 221 Å². The van der Waals surface area contributed by atoms with Crippen LogP contribution in [0.3, 0.4) is 0 Å². The first-order valence-electron chi connectivity index (χ1n) is 12.2. The lowest BCUT2D eigenvalue weighted by Gasteiger charge is -2.16. The fourth-order valence-electron chi connectivity index (χ4n) is 4.44. The lowest BCUT2D eigenvalue weighted by atomic mass is 9.96. The summed E-state index contributed by atoms with van der Waals surface area (Å²) >= 11 is 6.52. The number of imidazole rings is 1. The van der Waals surface area contributed by atoms with E-state index in [-0.39, 0.29) is 24.2 Å². The number of carbonyl (C=O) groups excluding carboxylic acids is 1. The van der Waals surface area contributed by atoms with E-state index in [9.17, 15) is 9.18 Å². The molecule has 4 aromatic rings. The van der Waals surface area contributed by atoms with Crippen LogP contribution < -0.4 is 14.8 Å². The van der Waals surface area contributed by atoms with Gasteiger partial charge in [-0.1, -0.05) is 54.9 Å². The van der Waals surface area contributed by atoms with Crippen LogP contribution in [-0.4, -0.2) is 29.7 Å². The summed E-state index contributed by atoms with van der Waals surface area (Å²) in [6, 6.07) is 18.2. The summed E-state index contributed by atoms with van der Waals surface area (Å²) in [5.41, 5.74) is 3.23. The lowest BCUT2D eigenvalue weighted by molar-refractivity contribution is -0.121. The van der Waals surface area contributed by atoms with E-state index in [0.717, 1.165) is 16.6 Å². The summed E-state index contributed by atoms with van der Waals surface area (Å²) in [5.74, 6) is 1.69. The Morgan fingerprint density at radius 3 is 2.57 bits per heavy atom. The van der Waals surface area contributed by atoms with Crippen molar-refractivity contribution in [2.24, 2.45) is 5.92 Å². The van der Waals surface area contributed by atoms with Crippen molar-refractivity contribution in [3.05, 3.63) is 88.5 Å². The number of carbonyl (C=O) groups is 1. The molecule has 1 aromatic heterocycles. The highest BCUT2D eigenvalue weighted by Gasteiger charge is 2.17. The van der Waals surface area contributed by atoms with E-state index < -0.39 is 0 Å². The van der Waals surface area contributed by atoms with Crippen molar-refractivity contribution in [1.29, 1.82) is 0 Å². The van der Waals surface area contributed by atoms with Crippen LogP contribution >= 0.6 is 11.6 Å². The molecule has 194 valence electrons. The fraction of sp³-hybridized carbons (Fsp3) is 0.310. The number of amides is 1. The minimum absolute atomic E-state index is 0.0604. The van der Waals surface area contributed by atoms with Gasteiger partial charge in [-0.05, 0) is 48.6 Å². The second-order valence-corrected chi connectivity index (χ2v) is 9.47. The summed E-state index contributed by atoms with van der Waals surface area (Å²) in [7, 11) is 3.13. The number of aromatic nitrogens is 2. The molecule has 0 radical (unpaired) electrons. The fourth-order valence-corrected chi connectivity index (χ4v) is 4.75. The van der Waals surface area contributed by atoms with Crippen LogP contribution in [0.4, 0.5) is 4.39 Å². The number of para-hydroxylation sites is 2. The number of benzene rings is 3. The van der Waals surface area contributed by atoms with Gasteiger partial charge in [-0.25, -0.2) is 9.37 Å². The predicted molar refractivity (Wildman–Crippen MR) is 144 cm³/mol. The Balaban J connectivity index is 1.37. The van der Waals surface area contributed by atoms with Crippen LogP contribution in [-0.2, 0) is 24.3 Å². The molecule has 0 aliphatic heterocycles. The van der Waals surface area contributed by atoms with E-state index in [0.29, 0.717) is 53.7 Å². The second-order valence-electron chi connectivity index (χ2n) is 9.09. The summed E-state index contributed by atoms with van der Waals surface area (Å²) in [6.07, 6.45) is 1.78. The van der Waals surface area contributed by atoms with Crippen LogP contribution in [0.25, 0.3) is 11.0 Å². The molecule has 1 N–H and O–H groups in total. The molecule has 0 fully saturated rings. The van der Waals surface area contributed by atoms with Gasteiger partial charge in [0.2, 0.25) is 5.91 Å². The molecule has 8 heteroatoms. The van der Waals surface area contributed by atoms with Gasteiger partial charge in [-0.2, -0.15) is 0 Å². The van der Waals surface area contributed by atoms with Gasteiger partial charge in [0.05, 0.1) is 43.4 Å². The average molecular weight is 524 g/mol. The van der Waals surface area contributed by atoms with Gasteiger partial charge in [0.1, 0.15) is 11.6 Å². The van der Waals surface area contributed by atoms with E-state index in [1.807, 2.05) is 47.0 Å². The maximum absolute atomic E-state index is 14.3. The van der Waals surface area contributed by atoms with Gasteiger partial charge < -0.3 is 19.4 Å². The third-order valence-corrected chi connectivity index (χ3v) is 6.88. The molecule has 1 amide bonds. The van der Waals surface area contributed by atoms with Crippen molar-refractivity contribution >= 4 is 28.5 Å². The number of methoxy groups -OCH3 is 2. The first-order valence-corrected chi connectivity index (χ1v) is 12.6. The van der Waals surface area contributed by atoms with Crippen LogP contribution in [0.1, 0.15) is 36.7 Å². The third-order valence-electron chi connectivity index (χ3n) is 6.46. The molecule has 4 rings (SSSR count). The zero-order valence-electron chi connectivity index (χ0n) is 21.3. The van der Waals surface area contributed by atoms with Crippen molar-refractivity contribution in [3.63, 3.8) is 0 Å². The van der Waals surface area contributed by atoms with Gasteiger partial charge in [-0.3, -0.25) is 4.79 Å². The monoisotopic (exact) mass is 523 g/mol. The number of fused-ring (bicyclic) bond motifs is 1. The van der Waals surface area contributed by atoms with Crippen LogP contribution in [0, 0.1) is 11.7 Å². The van der Waals surface area contributed by atoms with E-state index >= 15 is 0 Å². The molecule has 0 aliphatic carbocycles. The predicted octanol–water partition coefficient (Wildman–Crippen LogP) is 6.17. The van der Waals surface area contributed by atoms with Gasteiger partial charge in [-0.15, -0.1) is 0 Å². The molecule has 1 unspecified atom stereocenters. The first-order chi connectivity index (χ1) is 17.9. The molecule has 0 bridgehead atoms. The van der Waals surface area contributed by atoms with E-state index in [1.165, 1.54) is 6.07 Å². The molecule has 1 heterocycles. The highest BCUT2D eigenvalue weighted by Crippen LogP contribution is 2.38. The third kappa shape index (κ3) is 6.23. The zero-order chi connectivity index (χ0) is 26.4. The Morgan fingerprint density at radius 1 is 1.05 bits per heavy atom. The topological polar surface area (TPSA) is 65.4 Å². The number of nitrogens with one attached hydrogen (secondary N) is 1. The highest BCUT2D eigenvalue weighted by molar-refractivity contribution is 6.33. The van der Waals surface area contributed by atoms with Gasteiger partial charge >= 0.3 is 0 Å². The van der Waals surface area contributed by atoms with Crippen LogP contribution in [0.5, 0.6) is 11.5 Å². The molecular formula is C29H31ClFN3O3. The number of halogens is 2. The van der Waals surface area contributed by atoms with Crippen molar-refractivity contribution in [2.45, 2.75) is 39.3 Å². The summed E-state index contributed by atoms with van der Waals surface area (Å²) < 4.78 is 27.0. The number of rotatable bonds is 11. The Kier molecular flexibility index (Phi) is 8.66. The molecular weight excluding hydrogens is 493 g/mol. The molecule has 0 spiro atoms. The number of ether oxygens (including phenoxy) is 2. The van der Waals surface area contributed by atoms with E-state index in [4.69, 9.17) is 26.1 Å². The smallest absolute Gasteiger partial charge is 0.220 e. The quantitative estimate of drug-likeness (QED) is 0.255. The second kappa shape index (κ2) is 12.1. The van der Waals surface area contributed by atoms with E-state index in [2.05, 4.69) is 12.2 Å². The van der Waals surface area contributed by atoms with Crippen molar-refractivity contribution in [1.82, 2.24) is 14.9 Å². The van der Waals surface area contributed by atoms with Gasteiger partial charge in [0.15, 0.2) is 11.5 Å². The SMILES string of the molecule is COc1ccc(CC(C)CCC(=O)NCc2nc3ccccc3n2Cc2ccccc2F)c(Cl)c1OC. The highest BCUT2D eigenvalue weighted by atomic mass is 35.5. The van der Waals surface area contributed by atoms with Crippen LogP contribution in [0.15, 0.2) is 60.7 Å². The molecule has 3 aromatic carbocycles. The molecule has 0 saturated carbocycles. The molecule has 37 heavy (non-hydrogen) atoms. The Bertz CT molecular complexity index is 1390. The number of hydrogen-bond donors (Lipinski definition) is 1. The lowest BCUT2D eigenvalue weighted by Crippen LogP contribution is -2.25. The normalized spacial score (nSPS) is 11.9. The minimum Gasteiger partial charge on any atom is -0.493 e. The Morgan fingerprint density at radius 2 is 1.81 bits per heavy atom. The molecule has 0 saturated heterocycles. The standard InChI is InChI=1S/C29H31ClFN3O3/c1-19(16-20-13-14-25(36-2)29(37-3)28(20)30)12-15-27(35)32-17-26-33-23-10-6-7-11-24(23)34(26)18-21-8-4-5-9-22(21)31/h4-11,13-14,19H,12,15-18H2,1-3H3,(H,32,35).